The van der Waals surface area contributed by atoms with Gasteiger partial charge in [0, 0.05) is 32.3 Å². The topological polar surface area (TPSA) is 67.7 Å². The number of aromatic nitrogens is 4. The van der Waals surface area contributed by atoms with Crippen molar-refractivity contribution in [2.24, 2.45) is 7.05 Å². The predicted molar refractivity (Wildman–Crippen MR) is 76.2 cm³/mol. The predicted octanol–water partition coefficient (Wildman–Crippen LogP) is 1.73. The maximum Gasteiger partial charge on any atom is 0.135 e. The SMILES string of the molecule is CCc1nc(NC)c(C)c(NCc2ccnn2C)n1. The summed E-state index contributed by atoms with van der Waals surface area (Å²) in [5, 5.41) is 10.6. The van der Waals surface area contributed by atoms with E-state index < -0.39 is 0 Å². The van der Waals surface area contributed by atoms with E-state index in [0.29, 0.717) is 6.54 Å². The third-order valence-electron chi connectivity index (χ3n) is 3.10. The molecule has 2 N–H and O–H groups in total. The lowest BCUT2D eigenvalue weighted by Gasteiger charge is -2.13. The standard InChI is InChI=1S/C13H20N6/c1-5-11-17-12(14-3)9(2)13(18-11)15-8-10-6-7-16-19(10)4/h6-7H,5,8H2,1-4H3,(H2,14,15,17,18). The molecule has 6 nitrogen and oxygen atoms in total. The van der Waals surface area contributed by atoms with Crippen LogP contribution in [0, 0.1) is 6.92 Å². The summed E-state index contributed by atoms with van der Waals surface area (Å²) in [5.41, 5.74) is 2.14. The van der Waals surface area contributed by atoms with Crippen molar-refractivity contribution >= 4 is 11.6 Å². The lowest BCUT2D eigenvalue weighted by Crippen LogP contribution is -2.11. The van der Waals surface area contributed by atoms with Gasteiger partial charge in [0.2, 0.25) is 0 Å². The van der Waals surface area contributed by atoms with Crippen molar-refractivity contribution in [3.05, 3.63) is 29.3 Å². The number of nitrogens with one attached hydrogen (secondary N) is 2. The second-order valence-corrected chi connectivity index (χ2v) is 4.37. The molecule has 0 aliphatic rings. The Morgan fingerprint density at radius 3 is 2.58 bits per heavy atom. The van der Waals surface area contributed by atoms with Gasteiger partial charge < -0.3 is 10.6 Å². The summed E-state index contributed by atoms with van der Waals surface area (Å²) in [6.07, 6.45) is 2.61. The summed E-state index contributed by atoms with van der Waals surface area (Å²) in [6, 6.07) is 1.99. The van der Waals surface area contributed by atoms with Crippen LogP contribution in [-0.2, 0) is 20.0 Å². The molecule has 0 radical (unpaired) electrons. The molecular weight excluding hydrogens is 240 g/mol. The van der Waals surface area contributed by atoms with Crippen LogP contribution < -0.4 is 10.6 Å². The van der Waals surface area contributed by atoms with Crippen LogP contribution in [0.2, 0.25) is 0 Å². The minimum absolute atomic E-state index is 0.695. The lowest BCUT2D eigenvalue weighted by molar-refractivity contribution is 0.719. The number of nitrogens with zero attached hydrogens (tertiary/aromatic N) is 4. The van der Waals surface area contributed by atoms with Crippen molar-refractivity contribution in [3.8, 4) is 0 Å². The van der Waals surface area contributed by atoms with Crippen LogP contribution in [0.25, 0.3) is 0 Å². The zero-order valence-electron chi connectivity index (χ0n) is 11.9. The molecule has 2 aromatic rings. The van der Waals surface area contributed by atoms with E-state index in [0.717, 1.165) is 35.1 Å². The Bertz CT molecular complexity index is 560. The highest BCUT2D eigenvalue weighted by Crippen LogP contribution is 2.20. The fourth-order valence-corrected chi connectivity index (χ4v) is 1.89. The smallest absolute Gasteiger partial charge is 0.135 e. The summed E-state index contributed by atoms with van der Waals surface area (Å²) in [5.74, 6) is 2.58. The monoisotopic (exact) mass is 260 g/mol. The van der Waals surface area contributed by atoms with Crippen molar-refractivity contribution < 1.29 is 0 Å². The average molecular weight is 260 g/mol. The molecule has 0 unspecified atom stereocenters. The Morgan fingerprint density at radius 1 is 1.26 bits per heavy atom. The summed E-state index contributed by atoms with van der Waals surface area (Å²) >= 11 is 0. The van der Waals surface area contributed by atoms with Gasteiger partial charge in [0.25, 0.3) is 0 Å². The average Bonchev–Trinajstić information content (AvgIpc) is 2.83. The summed E-state index contributed by atoms with van der Waals surface area (Å²) in [4.78, 5) is 8.99. The highest BCUT2D eigenvalue weighted by molar-refractivity contribution is 5.57. The Kier molecular flexibility index (Phi) is 3.99. The van der Waals surface area contributed by atoms with Crippen LogP contribution in [-0.4, -0.2) is 26.8 Å². The molecule has 2 aromatic heterocycles. The quantitative estimate of drug-likeness (QED) is 0.857. The molecule has 0 spiro atoms. The van der Waals surface area contributed by atoms with E-state index in [1.54, 1.807) is 6.20 Å². The third kappa shape index (κ3) is 2.83. The zero-order chi connectivity index (χ0) is 13.8. The fraction of sp³-hybridized carbons (Fsp3) is 0.462. The van der Waals surface area contributed by atoms with Crippen molar-refractivity contribution in [3.63, 3.8) is 0 Å². The van der Waals surface area contributed by atoms with Crippen LogP contribution in [0.15, 0.2) is 12.3 Å². The number of hydrogen-bond acceptors (Lipinski definition) is 5. The van der Waals surface area contributed by atoms with Gasteiger partial charge in [0.1, 0.15) is 17.5 Å². The number of rotatable bonds is 5. The highest BCUT2D eigenvalue weighted by Gasteiger charge is 2.09. The molecule has 0 aliphatic carbocycles. The Hall–Kier alpha value is -2.11. The molecule has 2 heterocycles. The van der Waals surface area contributed by atoms with Gasteiger partial charge in [0.05, 0.1) is 12.2 Å². The maximum atomic E-state index is 4.54. The van der Waals surface area contributed by atoms with Gasteiger partial charge in [-0.15, -0.1) is 0 Å². The molecule has 6 heteroatoms. The summed E-state index contributed by atoms with van der Waals surface area (Å²) in [7, 11) is 3.81. The molecule has 0 aliphatic heterocycles. The number of anilines is 2. The van der Waals surface area contributed by atoms with Crippen molar-refractivity contribution in [2.45, 2.75) is 26.8 Å². The van der Waals surface area contributed by atoms with Crippen LogP contribution in [0.1, 0.15) is 24.0 Å². The lowest BCUT2D eigenvalue weighted by atomic mass is 10.3. The molecule has 0 saturated carbocycles. The minimum atomic E-state index is 0.695. The Balaban J connectivity index is 2.22. The molecule has 0 saturated heterocycles. The van der Waals surface area contributed by atoms with Crippen LogP contribution in [0.3, 0.4) is 0 Å². The Morgan fingerprint density at radius 2 is 2.00 bits per heavy atom. The van der Waals surface area contributed by atoms with Crippen LogP contribution >= 0.6 is 0 Å². The fourth-order valence-electron chi connectivity index (χ4n) is 1.89. The van der Waals surface area contributed by atoms with E-state index >= 15 is 0 Å². The van der Waals surface area contributed by atoms with Gasteiger partial charge >= 0.3 is 0 Å². The largest absolute Gasteiger partial charge is 0.373 e. The Labute approximate surface area is 113 Å². The van der Waals surface area contributed by atoms with Crippen LogP contribution in [0.5, 0.6) is 0 Å². The van der Waals surface area contributed by atoms with Gasteiger partial charge in [-0.25, -0.2) is 9.97 Å². The summed E-state index contributed by atoms with van der Waals surface area (Å²) < 4.78 is 1.85. The molecule has 0 atom stereocenters. The van der Waals surface area contributed by atoms with Gasteiger partial charge in [-0.3, -0.25) is 4.68 Å². The van der Waals surface area contributed by atoms with Gasteiger partial charge in [0.15, 0.2) is 0 Å². The minimum Gasteiger partial charge on any atom is -0.373 e. The van der Waals surface area contributed by atoms with Gasteiger partial charge in [-0.1, -0.05) is 6.92 Å². The molecule has 0 fully saturated rings. The van der Waals surface area contributed by atoms with Gasteiger partial charge in [-0.05, 0) is 13.0 Å². The van der Waals surface area contributed by atoms with E-state index in [2.05, 4.69) is 32.6 Å². The first-order valence-corrected chi connectivity index (χ1v) is 6.41. The van der Waals surface area contributed by atoms with Crippen molar-refractivity contribution in [2.75, 3.05) is 17.7 Å². The van der Waals surface area contributed by atoms with E-state index in [1.165, 1.54) is 0 Å². The normalized spacial score (nSPS) is 10.5. The zero-order valence-corrected chi connectivity index (χ0v) is 11.9. The molecule has 0 aromatic carbocycles. The van der Waals surface area contributed by atoms with E-state index in [9.17, 15) is 0 Å². The second-order valence-electron chi connectivity index (χ2n) is 4.37. The highest BCUT2D eigenvalue weighted by atomic mass is 15.3. The first-order chi connectivity index (χ1) is 9.15. The van der Waals surface area contributed by atoms with Gasteiger partial charge in [-0.2, -0.15) is 5.10 Å². The third-order valence-corrected chi connectivity index (χ3v) is 3.10. The van der Waals surface area contributed by atoms with Crippen LogP contribution in [0.4, 0.5) is 11.6 Å². The molecule has 0 bridgehead atoms. The van der Waals surface area contributed by atoms with Crippen molar-refractivity contribution in [1.82, 2.24) is 19.7 Å². The van der Waals surface area contributed by atoms with Crippen molar-refractivity contribution in [1.29, 1.82) is 0 Å². The molecule has 2 rings (SSSR count). The first kappa shape index (κ1) is 13.3. The van der Waals surface area contributed by atoms with E-state index in [-0.39, 0.29) is 0 Å². The molecule has 0 amide bonds. The molecule has 19 heavy (non-hydrogen) atoms. The second kappa shape index (κ2) is 5.69. The van der Waals surface area contributed by atoms with E-state index in [1.807, 2.05) is 31.8 Å². The summed E-state index contributed by atoms with van der Waals surface area (Å²) in [6.45, 7) is 4.76. The first-order valence-electron chi connectivity index (χ1n) is 6.41. The molecule has 102 valence electrons. The van der Waals surface area contributed by atoms with E-state index in [4.69, 9.17) is 0 Å². The maximum absolute atomic E-state index is 4.54. The number of hydrogen-bond donors (Lipinski definition) is 2. The molecular formula is C13H20N6. The number of aryl methyl sites for hydroxylation is 2.